The molecule has 0 amide bonds. The molecule has 1 saturated heterocycles. The molecular weight excluding hydrogens is 522 g/mol. The highest BCUT2D eigenvalue weighted by Gasteiger charge is 2.33. The monoisotopic (exact) mass is 557 g/mol. The molecule has 1 aliphatic heterocycles. The number of carbonyl (C=O) groups excluding carboxylic acids is 1. The quantitative estimate of drug-likeness (QED) is 0.285. The van der Waals surface area contributed by atoms with Crippen LogP contribution in [0, 0.1) is 0 Å². The summed E-state index contributed by atoms with van der Waals surface area (Å²) in [6.45, 7) is 2.78. The molecule has 0 aromatic carbocycles. The Balaban J connectivity index is 2.17. The molecular formula is C22H35N7O8S. The minimum Gasteiger partial charge on any atom is -0.492 e. The smallest absolute Gasteiger partial charge is 0.265 e. The van der Waals surface area contributed by atoms with E-state index in [1.54, 1.807) is 38.2 Å². The maximum absolute atomic E-state index is 12.4. The maximum Gasteiger partial charge on any atom is 0.265 e. The summed E-state index contributed by atoms with van der Waals surface area (Å²) in [7, 11) is 2.44. The van der Waals surface area contributed by atoms with E-state index in [-0.39, 0.29) is 46.9 Å². The van der Waals surface area contributed by atoms with Crippen LogP contribution in [0.15, 0.2) is 0 Å². The summed E-state index contributed by atoms with van der Waals surface area (Å²) in [6.07, 6.45) is 0. The van der Waals surface area contributed by atoms with Crippen LogP contribution in [0.3, 0.4) is 0 Å². The number of hydrogen-bond donors (Lipinski definition) is 1. The first-order valence-corrected chi connectivity index (χ1v) is 13.7. The lowest BCUT2D eigenvalue weighted by atomic mass is 10.3. The lowest BCUT2D eigenvalue weighted by Crippen LogP contribution is -2.45. The van der Waals surface area contributed by atoms with Crippen LogP contribution >= 0.6 is 0 Å². The number of sulfone groups is 1. The molecule has 1 fully saturated rings. The highest BCUT2D eigenvalue weighted by atomic mass is 32.2. The van der Waals surface area contributed by atoms with Gasteiger partial charge in [0.25, 0.3) is 5.12 Å². The Morgan fingerprint density at radius 1 is 0.789 bits per heavy atom. The van der Waals surface area contributed by atoms with Crippen molar-refractivity contribution in [1.29, 1.82) is 0 Å². The molecule has 16 heteroatoms. The second kappa shape index (κ2) is 13.7. The molecule has 212 valence electrons. The number of nitrogens with zero attached hydrogens (tertiary/aromatic N) is 7. The number of hydrogen-bond acceptors (Lipinski definition) is 15. The summed E-state index contributed by atoms with van der Waals surface area (Å²) in [6, 6.07) is 0. The number of aromatic hydroxyl groups is 1. The highest BCUT2D eigenvalue weighted by molar-refractivity contribution is 8.06. The predicted octanol–water partition coefficient (Wildman–Crippen LogP) is -0.915. The minimum atomic E-state index is -3.84. The molecule has 3 rings (SSSR count). The molecule has 3 heterocycles. The van der Waals surface area contributed by atoms with Crippen molar-refractivity contribution in [3.8, 4) is 5.88 Å². The van der Waals surface area contributed by atoms with Gasteiger partial charge in [-0.15, -0.1) is 0 Å². The van der Waals surface area contributed by atoms with Gasteiger partial charge in [0.2, 0.25) is 27.6 Å². The molecule has 0 spiro atoms. The Hall–Kier alpha value is -2.92. The van der Waals surface area contributed by atoms with E-state index in [2.05, 4.69) is 15.0 Å². The van der Waals surface area contributed by atoms with Crippen molar-refractivity contribution in [2.75, 3.05) is 115 Å². The third-order valence-electron chi connectivity index (χ3n) is 5.91. The van der Waals surface area contributed by atoms with E-state index in [0.29, 0.717) is 52.6 Å². The first-order chi connectivity index (χ1) is 18.2. The van der Waals surface area contributed by atoms with Crippen molar-refractivity contribution in [3.63, 3.8) is 0 Å². The fourth-order valence-corrected chi connectivity index (χ4v) is 4.80. The lowest BCUT2D eigenvalue weighted by molar-refractivity contribution is -0.110. The predicted molar refractivity (Wildman–Crippen MR) is 140 cm³/mol. The molecule has 15 nitrogen and oxygen atoms in total. The minimum absolute atomic E-state index is 0.0208. The Morgan fingerprint density at radius 2 is 1.26 bits per heavy atom. The summed E-state index contributed by atoms with van der Waals surface area (Å²) < 4.78 is 45.0. The Kier molecular flexibility index (Phi) is 10.7. The van der Waals surface area contributed by atoms with Gasteiger partial charge in [-0.3, -0.25) is 4.79 Å². The SMILES string of the molecule is COCCN(CCOC)c1nc(N2CCS(=O)(=O)C(=O)C2)c2nc(N(CCOC)CCOC)nc(O)c2n1. The molecule has 2 aromatic heterocycles. The molecule has 2 aromatic rings. The average molecular weight is 558 g/mol. The topological polar surface area (TPSA) is 170 Å². The average Bonchev–Trinajstić information content (AvgIpc) is 2.90. The normalized spacial score (nSPS) is 15.3. The lowest BCUT2D eigenvalue weighted by Gasteiger charge is -2.29. The first-order valence-electron chi connectivity index (χ1n) is 12.0. The Bertz CT molecular complexity index is 1180. The molecule has 0 radical (unpaired) electrons. The Morgan fingerprint density at radius 3 is 1.74 bits per heavy atom. The van der Waals surface area contributed by atoms with Gasteiger partial charge in [-0.25, -0.2) is 18.4 Å². The number of rotatable bonds is 15. The van der Waals surface area contributed by atoms with E-state index in [4.69, 9.17) is 23.9 Å². The summed E-state index contributed by atoms with van der Waals surface area (Å²) in [5.74, 6) is -0.117. The second-order valence-corrected chi connectivity index (χ2v) is 10.5. The fourth-order valence-electron chi connectivity index (χ4n) is 3.75. The zero-order valence-electron chi connectivity index (χ0n) is 22.1. The number of anilines is 3. The zero-order valence-corrected chi connectivity index (χ0v) is 22.9. The zero-order chi connectivity index (χ0) is 27.7. The summed E-state index contributed by atoms with van der Waals surface area (Å²) in [5.41, 5.74) is 0.245. The molecule has 1 aliphatic rings. The Labute approximate surface area is 221 Å². The largest absolute Gasteiger partial charge is 0.492 e. The van der Waals surface area contributed by atoms with Gasteiger partial charge in [-0.2, -0.15) is 9.97 Å². The van der Waals surface area contributed by atoms with E-state index in [0.717, 1.165) is 0 Å². The molecule has 1 N–H and O–H groups in total. The van der Waals surface area contributed by atoms with Crippen molar-refractivity contribution in [2.24, 2.45) is 0 Å². The van der Waals surface area contributed by atoms with Gasteiger partial charge in [0.15, 0.2) is 11.3 Å². The number of aromatic nitrogens is 4. The van der Waals surface area contributed by atoms with E-state index < -0.39 is 21.5 Å². The van der Waals surface area contributed by atoms with E-state index in [1.807, 2.05) is 0 Å². The van der Waals surface area contributed by atoms with Gasteiger partial charge in [0.1, 0.15) is 5.52 Å². The third-order valence-corrected chi connectivity index (χ3v) is 7.45. The molecule has 0 atom stereocenters. The van der Waals surface area contributed by atoms with Gasteiger partial charge in [0.05, 0.1) is 38.7 Å². The van der Waals surface area contributed by atoms with E-state index in [9.17, 15) is 18.3 Å². The van der Waals surface area contributed by atoms with Gasteiger partial charge < -0.3 is 38.8 Å². The standard InChI is InChI=1S/C22H35N7O8S/c1-34-10-5-27(6-11-35-2)21-24-18-17(19(25-21)29-9-14-38(32,33)16(30)15-29)23-22(26-20(18)31)28(7-12-36-3)8-13-37-4/h5-15H2,1-4H3,(H,23,26,31). The summed E-state index contributed by atoms with van der Waals surface area (Å²) in [5, 5.41) is 10.1. The van der Waals surface area contributed by atoms with Gasteiger partial charge in [0, 0.05) is 61.2 Å². The fraction of sp³-hybridized carbons (Fsp3) is 0.682. The van der Waals surface area contributed by atoms with Crippen LogP contribution < -0.4 is 14.7 Å². The van der Waals surface area contributed by atoms with Gasteiger partial charge >= 0.3 is 0 Å². The van der Waals surface area contributed by atoms with Crippen LogP contribution in [-0.2, 0) is 33.6 Å². The third kappa shape index (κ3) is 7.13. The van der Waals surface area contributed by atoms with Crippen molar-refractivity contribution < 1.29 is 37.3 Å². The van der Waals surface area contributed by atoms with Crippen LogP contribution in [0.4, 0.5) is 17.7 Å². The highest BCUT2D eigenvalue weighted by Crippen LogP contribution is 2.32. The van der Waals surface area contributed by atoms with Crippen LogP contribution in [0.2, 0.25) is 0 Å². The van der Waals surface area contributed by atoms with Crippen molar-refractivity contribution in [3.05, 3.63) is 0 Å². The maximum atomic E-state index is 12.4. The molecule has 0 saturated carbocycles. The van der Waals surface area contributed by atoms with Crippen LogP contribution in [0.5, 0.6) is 5.88 Å². The second-order valence-electron chi connectivity index (χ2n) is 8.45. The molecule has 0 aliphatic carbocycles. The molecule has 38 heavy (non-hydrogen) atoms. The number of carbonyl (C=O) groups is 1. The van der Waals surface area contributed by atoms with Crippen molar-refractivity contribution in [1.82, 2.24) is 19.9 Å². The molecule has 0 bridgehead atoms. The number of methoxy groups -OCH3 is 4. The van der Waals surface area contributed by atoms with Crippen LogP contribution in [-0.4, -0.2) is 138 Å². The van der Waals surface area contributed by atoms with Crippen molar-refractivity contribution in [2.45, 2.75) is 0 Å². The number of fused-ring (bicyclic) bond motifs is 1. The van der Waals surface area contributed by atoms with Crippen molar-refractivity contribution >= 4 is 43.7 Å². The molecule has 0 unspecified atom stereocenters. The van der Waals surface area contributed by atoms with E-state index in [1.165, 1.54) is 4.90 Å². The van der Waals surface area contributed by atoms with Crippen LogP contribution in [0.25, 0.3) is 11.0 Å². The van der Waals surface area contributed by atoms with E-state index >= 15 is 0 Å². The first kappa shape index (κ1) is 29.6. The summed E-state index contributed by atoms with van der Waals surface area (Å²) >= 11 is 0. The van der Waals surface area contributed by atoms with Gasteiger partial charge in [-0.1, -0.05) is 0 Å². The number of ether oxygens (including phenoxy) is 4. The van der Waals surface area contributed by atoms with Gasteiger partial charge in [-0.05, 0) is 0 Å². The van der Waals surface area contributed by atoms with Crippen LogP contribution in [0.1, 0.15) is 0 Å². The summed E-state index contributed by atoms with van der Waals surface area (Å²) in [4.78, 5) is 35.7.